The van der Waals surface area contributed by atoms with Crippen molar-refractivity contribution in [3.8, 4) is 0 Å². The van der Waals surface area contributed by atoms with Gasteiger partial charge in [-0.1, -0.05) is 91.0 Å². The largest absolute Gasteiger partial charge is 0.343 e. The minimum absolute atomic E-state index is 0.00255. The molecule has 0 aliphatic carbocycles. The molecule has 3 heteroatoms. The fourth-order valence-corrected chi connectivity index (χ4v) is 3.62. The topological polar surface area (TPSA) is 34.0 Å². The normalized spacial score (nSPS) is 11.9. The second-order valence-corrected chi connectivity index (χ2v) is 7.10. The van der Waals surface area contributed by atoms with Crippen molar-refractivity contribution in [1.29, 1.82) is 0 Å². The van der Waals surface area contributed by atoms with Gasteiger partial charge < -0.3 is 9.88 Å². The van der Waals surface area contributed by atoms with Gasteiger partial charge in [0, 0.05) is 18.8 Å². The Morgan fingerprint density at radius 2 is 1.17 bits per heavy atom. The number of hydrogen-bond acceptors (Lipinski definition) is 1. The summed E-state index contributed by atoms with van der Waals surface area (Å²) in [6, 6.07) is 33.8. The van der Waals surface area contributed by atoms with E-state index in [0.717, 1.165) is 16.7 Å². The van der Waals surface area contributed by atoms with Crippen molar-refractivity contribution in [1.82, 2.24) is 9.88 Å². The monoisotopic (exact) mass is 380 g/mol. The summed E-state index contributed by atoms with van der Waals surface area (Å²) in [5.41, 5.74) is 3.27. The fourth-order valence-electron chi connectivity index (χ4n) is 3.62. The Balaban J connectivity index is 1.64. The second kappa shape index (κ2) is 9.07. The van der Waals surface area contributed by atoms with Crippen LogP contribution in [0.1, 0.15) is 28.8 Å². The number of hydrogen-bond donors (Lipinski definition) is 1. The molecule has 0 spiro atoms. The average Bonchev–Trinajstić information content (AvgIpc) is 3.32. The first-order chi connectivity index (χ1) is 14.3. The minimum atomic E-state index is -0.317. The SMILES string of the molecule is O=C(NC(c1ccccc1)c1ccccc1)[C@@H](Cc1ccccc1)n1cccc1. The second-order valence-electron chi connectivity index (χ2n) is 7.10. The van der Waals surface area contributed by atoms with Gasteiger partial charge in [0.15, 0.2) is 0 Å². The molecule has 0 unspecified atom stereocenters. The van der Waals surface area contributed by atoms with Crippen molar-refractivity contribution in [2.24, 2.45) is 0 Å². The standard InChI is InChI=1S/C26H24N2O/c29-26(24(28-18-10-11-19-28)20-21-12-4-1-5-13-21)27-25(22-14-6-2-7-15-22)23-16-8-3-9-17-23/h1-19,24-25H,20H2,(H,27,29)/t24-/m1/s1. The highest BCUT2D eigenvalue weighted by atomic mass is 16.2. The number of nitrogens with zero attached hydrogens (tertiary/aromatic N) is 1. The number of nitrogens with one attached hydrogen (secondary N) is 1. The zero-order valence-corrected chi connectivity index (χ0v) is 16.2. The van der Waals surface area contributed by atoms with Crippen LogP contribution in [-0.4, -0.2) is 10.5 Å². The molecule has 144 valence electrons. The Labute approximate surface area is 171 Å². The predicted octanol–water partition coefficient (Wildman–Crippen LogP) is 5.18. The molecule has 0 fully saturated rings. The summed E-state index contributed by atoms with van der Waals surface area (Å²) in [5.74, 6) is 0.00255. The van der Waals surface area contributed by atoms with Crippen LogP contribution in [0.2, 0.25) is 0 Å². The van der Waals surface area contributed by atoms with Gasteiger partial charge in [-0.05, 0) is 28.8 Å². The molecule has 3 aromatic carbocycles. The average molecular weight is 380 g/mol. The molecular weight excluding hydrogens is 356 g/mol. The molecule has 0 saturated carbocycles. The molecular formula is C26H24N2O. The van der Waals surface area contributed by atoms with Crippen molar-refractivity contribution in [2.45, 2.75) is 18.5 Å². The van der Waals surface area contributed by atoms with Crippen molar-refractivity contribution < 1.29 is 4.79 Å². The first kappa shape index (κ1) is 18.8. The van der Waals surface area contributed by atoms with E-state index in [9.17, 15) is 4.79 Å². The molecule has 29 heavy (non-hydrogen) atoms. The van der Waals surface area contributed by atoms with E-state index >= 15 is 0 Å². The van der Waals surface area contributed by atoms with Crippen LogP contribution < -0.4 is 5.32 Å². The van der Waals surface area contributed by atoms with Crippen LogP contribution in [0.5, 0.6) is 0 Å². The van der Waals surface area contributed by atoms with Crippen molar-refractivity contribution >= 4 is 5.91 Å². The number of benzene rings is 3. The summed E-state index contributed by atoms with van der Waals surface area (Å²) in [7, 11) is 0. The summed E-state index contributed by atoms with van der Waals surface area (Å²) >= 11 is 0. The molecule has 1 N–H and O–H groups in total. The molecule has 1 heterocycles. The molecule has 0 bridgehead atoms. The third-order valence-electron chi connectivity index (χ3n) is 5.11. The quantitative estimate of drug-likeness (QED) is 0.471. The van der Waals surface area contributed by atoms with E-state index in [1.165, 1.54) is 0 Å². The van der Waals surface area contributed by atoms with Gasteiger partial charge in [-0.2, -0.15) is 0 Å². The maximum Gasteiger partial charge on any atom is 0.244 e. The van der Waals surface area contributed by atoms with Gasteiger partial charge in [0.2, 0.25) is 5.91 Å². The van der Waals surface area contributed by atoms with Crippen molar-refractivity contribution in [2.75, 3.05) is 0 Å². The maximum atomic E-state index is 13.5. The molecule has 4 aromatic rings. The molecule has 3 nitrogen and oxygen atoms in total. The number of carbonyl (C=O) groups excluding carboxylic acids is 1. The Morgan fingerprint density at radius 3 is 1.69 bits per heavy atom. The third-order valence-corrected chi connectivity index (χ3v) is 5.11. The van der Waals surface area contributed by atoms with Gasteiger partial charge in [0.05, 0.1) is 6.04 Å². The lowest BCUT2D eigenvalue weighted by atomic mass is 9.97. The molecule has 0 aliphatic heterocycles. The van der Waals surface area contributed by atoms with Crippen LogP contribution in [0.25, 0.3) is 0 Å². The summed E-state index contributed by atoms with van der Waals surface area (Å²) in [5, 5.41) is 3.30. The third kappa shape index (κ3) is 4.64. The summed E-state index contributed by atoms with van der Waals surface area (Å²) in [6.45, 7) is 0. The van der Waals surface area contributed by atoms with E-state index < -0.39 is 0 Å². The van der Waals surface area contributed by atoms with E-state index in [0.29, 0.717) is 6.42 Å². The van der Waals surface area contributed by atoms with Crippen LogP contribution in [0.4, 0.5) is 0 Å². The molecule has 4 rings (SSSR count). The van der Waals surface area contributed by atoms with Crippen LogP contribution in [0, 0.1) is 0 Å². The molecule has 0 radical (unpaired) electrons. The zero-order valence-electron chi connectivity index (χ0n) is 16.2. The van der Waals surface area contributed by atoms with Gasteiger partial charge >= 0.3 is 0 Å². The van der Waals surface area contributed by atoms with Gasteiger partial charge in [-0.15, -0.1) is 0 Å². The Morgan fingerprint density at radius 1 is 0.690 bits per heavy atom. The van der Waals surface area contributed by atoms with Crippen molar-refractivity contribution in [3.63, 3.8) is 0 Å². The number of rotatable bonds is 7. The van der Waals surface area contributed by atoms with Gasteiger partial charge in [-0.25, -0.2) is 0 Å². The molecule has 1 atom stereocenters. The Hall–Kier alpha value is -3.59. The van der Waals surface area contributed by atoms with E-state index in [1.54, 1.807) is 0 Å². The zero-order chi connectivity index (χ0) is 19.9. The number of amides is 1. The highest BCUT2D eigenvalue weighted by Crippen LogP contribution is 2.24. The minimum Gasteiger partial charge on any atom is -0.343 e. The Bertz CT molecular complexity index is 973. The number of aromatic nitrogens is 1. The van der Waals surface area contributed by atoms with E-state index in [4.69, 9.17) is 0 Å². The summed E-state index contributed by atoms with van der Waals surface area (Å²) in [4.78, 5) is 13.5. The molecule has 0 saturated heterocycles. The maximum absolute atomic E-state index is 13.5. The predicted molar refractivity (Wildman–Crippen MR) is 116 cm³/mol. The fraction of sp³-hybridized carbons (Fsp3) is 0.115. The first-order valence-corrected chi connectivity index (χ1v) is 9.88. The van der Waals surface area contributed by atoms with E-state index in [-0.39, 0.29) is 18.0 Å². The lowest BCUT2D eigenvalue weighted by molar-refractivity contribution is -0.124. The lowest BCUT2D eigenvalue weighted by Gasteiger charge is -2.25. The van der Waals surface area contributed by atoms with Gasteiger partial charge in [0.1, 0.15) is 6.04 Å². The van der Waals surface area contributed by atoms with E-state index in [2.05, 4.69) is 41.7 Å². The highest BCUT2D eigenvalue weighted by molar-refractivity contribution is 5.81. The van der Waals surface area contributed by atoms with E-state index in [1.807, 2.05) is 83.7 Å². The van der Waals surface area contributed by atoms with Gasteiger partial charge in [0.25, 0.3) is 0 Å². The van der Waals surface area contributed by atoms with Crippen LogP contribution in [-0.2, 0) is 11.2 Å². The van der Waals surface area contributed by atoms with Crippen LogP contribution >= 0.6 is 0 Å². The summed E-state index contributed by atoms with van der Waals surface area (Å²) in [6.07, 6.45) is 4.54. The van der Waals surface area contributed by atoms with Crippen molar-refractivity contribution in [3.05, 3.63) is 132 Å². The molecule has 1 aromatic heterocycles. The molecule has 1 amide bonds. The summed E-state index contributed by atoms with van der Waals surface area (Å²) < 4.78 is 1.98. The first-order valence-electron chi connectivity index (χ1n) is 9.88. The Kier molecular flexibility index (Phi) is 5.87. The van der Waals surface area contributed by atoms with Crippen LogP contribution in [0.3, 0.4) is 0 Å². The van der Waals surface area contributed by atoms with Gasteiger partial charge in [-0.3, -0.25) is 4.79 Å². The lowest BCUT2D eigenvalue weighted by Crippen LogP contribution is -2.36. The number of carbonyl (C=O) groups is 1. The van der Waals surface area contributed by atoms with Crippen LogP contribution in [0.15, 0.2) is 116 Å². The molecule has 0 aliphatic rings. The smallest absolute Gasteiger partial charge is 0.244 e. The highest BCUT2D eigenvalue weighted by Gasteiger charge is 2.24.